The van der Waals surface area contributed by atoms with Crippen molar-refractivity contribution in [2.75, 3.05) is 7.05 Å². The summed E-state index contributed by atoms with van der Waals surface area (Å²) in [7, 11) is 6.49. The lowest BCUT2D eigenvalue weighted by molar-refractivity contribution is -0.645. The number of amidine groups is 1. The van der Waals surface area contributed by atoms with Crippen molar-refractivity contribution in [1.82, 2.24) is 14.9 Å². The van der Waals surface area contributed by atoms with E-state index in [0.717, 1.165) is 146 Å². The van der Waals surface area contributed by atoms with Crippen LogP contribution in [0.2, 0.25) is 0 Å². The molecule has 6 nitrogen and oxygen atoms in total. The fourth-order valence-electron chi connectivity index (χ4n) is 12.6. The minimum absolute atomic E-state index is 0.758. The molecule has 1 N–H and O–H groups in total. The summed E-state index contributed by atoms with van der Waals surface area (Å²) in [6.07, 6.45) is 5.20. The zero-order chi connectivity index (χ0) is 51.7. The second kappa shape index (κ2) is 17.2. The third kappa shape index (κ3) is 6.66. The van der Waals surface area contributed by atoms with Crippen molar-refractivity contribution in [1.29, 1.82) is 0 Å². The molecule has 364 valence electrons. The third-order valence-electron chi connectivity index (χ3n) is 16.3. The SMILES string of the molecule is C=c1c2c(-c3ccc(C)cc3)c3[n+](C)c(c(-c4ccc(C)cc4)c4c5cc6ccccc6cc5c(nc5[n+]1=C(N=C(NC)c1cc6ccccc6cc1-2)c1cc(/C=C\C)c(CC)cc1-5)n4C)-c1cc2ccccc2cc1-3. The van der Waals surface area contributed by atoms with Crippen molar-refractivity contribution in [2.24, 2.45) is 19.1 Å². The summed E-state index contributed by atoms with van der Waals surface area (Å²) in [5.74, 6) is 2.31. The van der Waals surface area contributed by atoms with Crippen molar-refractivity contribution in [3.8, 4) is 67.3 Å². The van der Waals surface area contributed by atoms with E-state index in [1.807, 2.05) is 7.05 Å². The Kier molecular flexibility index (Phi) is 10.2. The molecule has 2 aromatic heterocycles. The zero-order valence-electron chi connectivity index (χ0n) is 44.0. The topological polar surface area (TPSA) is 52.0 Å². The van der Waals surface area contributed by atoms with Crippen molar-refractivity contribution in [3.05, 3.63) is 220 Å². The van der Waals surface area contributed by atoms with Crippen molar-refractivity contribution in [3.63, 3.8) is 0 Å². The Bertz CT molecular complexity index is 4710. The van der Waals surface area contributed by atoms with Gasteiger partial charge in [-0.15, -0.1) is 0 Å². The number of nitrogens with zero attached hydrogens (tertiary/aromatic N) is 5. The first-order valence-corrected chi connectivity index (χ1v) is 26.5. The maximum absolute atomic E-state index is 6.11. The van der Waals surface area contributed by atoms with E-state index < -0.39 is 0 Å². The number of aromatic nitrogens is 4. The highest BCUT2D eigenvalue weighted by molar-refractivity contribution is 6.18. The average molecular weight is 981 g/mol. The van der Waals surface area contributed by atoms with E-state index in [1.54, 1.807) is 0 Å². The largest absolute Gasteiger partial charge is 0.359 e. The molecule has 9 aromatic carbocycles. The van der Waals surface area contributed by atoms with E-state index in [9.17, 15) is 0 Å². The molecule has 0 atom stereocenters. The summed E-state index contributed by atoms with van der Waals surface area (Å²) < 4.78 is 7.15. The van der Waals surface area contributed by atoms with Gasteiger partial charge < -0.3 is 9.88 Å². The average Bonchev–Trinajstić information content (AvgIpc) is 4.18. The summed E-state index contributed by atoms with van der Waals surface area (Å²) in [6, 6.07) is 63.4. The lowest BCUT2D eigenvalue weighted by atomic mass is 9.86. The van der Waals surface area contributed by atoms with Crippen LogP contribution >= 0.6 is 0 Å². The monoisotopic (exact) mass is 980 g/mol. The fraction of sp³-hybridized carbons (Fsp3) is 0.114. The maximum Gasteiger partial charge on any atom is 0.278 e. The van der Waals surface area contributed by atoms with E-state index in [0.29, 0.717) is 0 Å². The second-order valence-corrected chi connectivity index (χ2v) is 20.8. The van der Waals surface area contributed by atoms with Gasteiger partial charge in [0.2, 0.25) is 22.9 Å². The Balaban J connectivity index is 1.37. The molecule has 0 amide bonds. The van der Waals surface area contributed by atoms with Crippen LogP contribution in [0.15, 0.2) is 181 Å². The summed E-state index contributed by atoms with van der Waals surface area (Å²) in [5, 5.41) is 13.6. The number of hydrogen-bond acceptors (Lipinski definition) is 3. The number of fused-ring (bicyclic) bond motifs is 19. The lowest BCUT2D eigenvalue weighted by Gasteiger charge is -2.17. The van der Waals surface area contributed by atoms with Crippen LogP contribution in [0.1, 0.15) is 47.2 Å². The van der Waals surface area contributed by atoms with Crippen molar-refractivity contribution >= 4 is 72.7 Å². The highest BCUT2D eigenvalue weighted by Crippen LogP contribution is 2.49. The van der Waals surface area contributed by atoms with Crippen molar-refractivity contribution in [2.45, 2.75) is 34.1 Å². The summed E-state index contributed by atoms with van der Waals surface area (Å²) in [4.78, 5) is 11.9. The molecular formula is C70H56N6+2. The predicted octanol–water partition coefficient (Wildman–Crippen LogP) is 14.6. The first-order valence-electron chi connectivity index (χ1n) is 26.5. The molecule has 0 radical (unpaired) electrons. The Hall–Kier alpha value is -9.26. The predicted molar refractivity (Wildman–Crippen MR) is 317 cm³/mol. The first kappa shape index (κ1) is 45.4. The number of aryl methyl sites for hydroxylation is 4. The lowest BCUT2D eigenvalue weighted by Crippen LogP contribution is -2.42. The van der Waals surface area contributed by atoms with Crippen LogP contribution in [0.4, 0.5) is 0 Å². The Labute approximate surface area is 442 Å². The molecule has 0 saturated heterocycles. The van der Waals surface area contributed by atoms with Crippen LogP contribution in [-0.4, -0.2) is 22.4 Å². The molecule has 0 fully saturated rings. The van der Waals surface area contributed by atoms with Gasteiger partial charge in [-0.25, -0.2) is 0 Å². The van der Waals surface area contributed by atoms with Crippen LogP contribution in [0.3, 0.4) is 0 Å². The van der Waals surface area contributed by atoms with E-state index >= 15 is 0 Å². The summed E-state index contributed by atoms with van der Waals surface area (Å²) in [5.41, 5.74) is 20.7. The molecule has 6 bridgehead atoms. The molecule has 0 saturated carbocycles. The number of nitrogens with one attached hydrogen (secondary N) is 1. The number of allylic oxidation sites excluding steroid dienone is 1. The smallest absolute Gasteiger partial charge is 0.278 e. The molecule has 5 heterocycles. The molecule has 3 aliphatic rings. The van der Waals surface area contributed by atoms with E-state index in [2.05, 4.69) is 242 Å². The van der Waals surface area contributed by atoms with Gasteiger partial charge in [-0.05, 0) is 136 Å². The Morgan fingerprint density at radius 2 is 1.09 bits per heavy atom. The number of rotatable bonds is 4. The van der Waals surface area contributed by atoms with Gasteiger partial charge in [0.1, 0.15) is 12.4 Å². The van der Waals surface area contributed by atoms with Gasteiger partial charge in [0.05, 0.1) is 38.9 Å². The van der Waals surface area contributed by atoms with Gasteiger partial charge in [0.25, 0.3) is 11.7 Å². The number of aliphatic imine (C=N–C) groups is 1. The molecule has 11 aromatic rings. The van der Waals surface area contributed by atoms with Gasteiger partial charge in [0, 0.05) is 36.0 Å². The Morgan fingerprint density at radius 1 is 0.579 bits per heavy atom. The second-order valence-electron chi connectivity index (χ2n) is 20.8. The zero-order valence-corrected chi connectivity index (χ0v) is 44.0. The van der Waals surface area contributed by atoms with Gasteiger partial charge in [0.15, 0.2) is 0 Å². The van der Waals surface area contributed by atoms with Crippen LogP contribution < -0.4 is 19.5 Å². The summed E-state index contributed by atoms with van der Waals surface area (Å²) >= 11 is 0. The fourth-order valence-corrected chi connectivity index (χ4v) is 12.6. The van der Waals surface area contributed by atoms with E-state index in [4.69, 9.17) is 16.6 Å². The summed E-state index contributed by atoms with van der Waals surface area (Å²) in [6.45, 7) is 14.0. The first-order chi connectivity index (χ1) is 37.1. The highest BCUT2D eigenvalue weighted by atomic mass is 15.1. The molecule has 76 heavy (non-hydrogen) atoms. The molecule has 6 heteroatoms. The molecule has 0 spiro atoms. The van der Waals surface area contributed by atoms with Crippen molar-refractivity contribution < 1.29 is 8.81 Å². The van der Waals surface area contributed by atoms with E-state index in [-0.39, 0.29) is 0 Å². The quantitative estimate of drug-likeness (QED) is 0.179. The van der Waals surface area contributed by atoms with E-state index in [1.165, 1.54) is 32.8 Å². The molecule has 0 aliphatic carbocycles. The third-order valence-corrected chi connectivity index (χ3v) is 16.3. The van der Waals surface area contributed by atoms with Crippen LogP contribution in [0.5, 0.6) is 0 Å². The number of benzene rings is 9. The van der Waals surface area contributed by atoms with Crippen LogP contribution in [0, 0.1) is 19.7 Å². The molecule has 3 aliphatic heterocycles. The normalized spacial score (nSPS) is 12.8. The minimum atomic E-state index is 0.758. The molecular weight excluding hydrogens is 925 g/mol. The maximum atomic E-state index is 6.11. The number of hydrogen-bond donors (Lipinski definition) is 1. The van der Waals surface area contributed by atoms with Gasteiger partial charge in [-0.2, -0.15) is 8.81 Å². The van der Waals surface area contributed by atoms with Crippen LogP contribution in [-0.2, 0) is 20.5 Å². The Morgan fingerprint density at radius 3 is 1.64 bits per heavy atom. The standard InChI is InChI=1S/C70H55N6/c1-9-17-46-38-60-59(32-43(46)10-2)70-73-68-58-39-52-23-16-14-21-50(52)36-56(58)66(75(68)8)63(45-30-26-41(4)27-31-45)65-55-35-49-20-13-12-19-48(49)34-54(55)64(74(65)7)62(44-28-24-40(3)25-29-44)61-42(5)76(70)69(60)72-67(71-6)57-37-51-22-15-11-18-47(51)33-53(57)61/h9,11-39H,5,10H2,1-4,6-8H3/q+1/p+1/b17-9-,62-61?,72-69?. The van der Waals surface area contributed by atoms with Gasteiger partial charge in [-0.1, -0.05) is 168 Å². The van der Waals surface area contributed by atoms with Gasteiger partial charge in [-0.3, -0.25) is 0 Å². The molecule has 0 unspecified atom stereocenters. The minimum Gasteiger partial charge on any atom is -0.359 e. The highest BCUT2D eigenvalue weighted by Gasteiger charge is 2.40. The molecule has 14 rings (SSSR count). The van der Waals surface area contributed by atoms with Crippen LogP contribution in [0.25, 0.3) is 134 Å². The van der Waals surface area contributed by atoms with Gasteiger partial charge >= 0.3 is 0 Å².